The van der Waals surface area contributed by atoms with E-state index in [1.165, 1.54) is 12.8 Å². The Morgan fingerprint density at radius 3 is 2.81 bits per heavy atom. The second kappa shape index (κ2) is 5.17. The van der Waals surface area contributed by atoms with Gasteiger partial charge < -0.3 is 5.32 Å². The fourth-order valence-corrected chi connectivity index (χ4v) is 1.93. The molecule has 0 heterocycles. The minimum Gasteiger partial charge on any atom is -0.309 e. The van der Waals surface area contributed by atoms with E-state index in [4.69, 9.17) is 23.2 Å². The van der Waals surface area contributed by atoms with Gasteiger partial charge in [0.05, 0.1) is 16.6 Å². The summed E-state index contributed by atoms with van der Waals surface area (Å²) in [6, 6.07) is 5.12. The van der Waals surface area contributed by atoms with Gasteiger partial charge in [0.25, 0.3) is 0 Å². The Morgan fingerprint density at radius 2 is 2.12 bits per heavy atom. The molecule has 0 bridgehead atoms. The maximum atomic E-state index is 11.8. The highest BCUT2D eigenvalue weighted by molar-refractivity contribution is 6.43. The monoisotopic (exact) mass is 257 g/mol. The first-order chi connectivity index (χ1) is 7.68. The van der Waals surface area contributed by atoms with Crippen LogP contribution in [0.5, 0.6) is 0 Å². The van der Waals surface area contributed by atoms with Crippen molar-refractivity contribution in [2.75, 3.05) is 13.1 Å². The van der Waals surface area contributed by atoms with Crippen molar-refractivity contribution >= 4 is 29.0 Å². The molecule has 0 unspecified atom stereocenters. The summed E-state index contributed by atoms with van der Waals surface area (Å²) in [5.74, 6) is 0.760. The van der Waals surface area contributed by atoms with Gasteiger partial charge in [0, 0.05) is 5.56 Å². The van der Waals surface area contributed by atoms with Crippen molar-refractivity contribution in [3.8, 4) is 0 Å². The van der Waals surface area contributed by atoms with E-state index in [2.05, 4.69) is 5.32 Å². The van der Waals surface area contributed by atoms with Crippen LogP contribution in [0, 0.1) is 5.92 Å². The minimum atomic E-state index is -0.00634. The third-order valence-electron chi connectivity index (χ3n) is 2.67. The number of rotatable bonds is 5. The number of Topliss-reactive ketones (excluding diaryl/α,β-unsaturated/α-hetero) is 1. The molecule has 16 heavy (non-hydrogen) atoms. The largest absolute Gasteiger partial charge is 0.309 e. The normalized spacial score (nSPS) is 15.1. The van der Waals surface area contributed by atoms with Crippen molar-refractivity contribution in [3.05, 3.63) is 33.8 Å². The molecule has 0 spiro atoms. The molecule has 2 rings (SSSR count). The standard InChI is InChI=1S/C12H13Cl2NO/c13-10-3-1-2-9(12(10)14)11(16)7-15-6-8-4-5-8/h1-3,8,15H,4-7H2. The molecular formula is C12H13Cl2NO. The summed E-state index contributed by atoms with van der Waals surface area (Å²) in [6.45, 7) is 1.25. The average molecular weight is 258 g/mol. The quantitative estimate of drug-likeness (QED) is 0.822. The topological polar surface area (TPSA) is 29.1 Å². The van der Waals surface area contributed by atoms with E-state index < -0.39 is 0 Å². The Bertz CT molecular complexity index is 402. The predicted molar refractivity (Wildman–Crippen MR) is 66.4 cm³/mol. The molecule has 0 radical (unpaired) electrons. The molecule has 1 aromatic carbocycles. The molecule has 1 fully saturated rings. The van der Waals surface area contributed by atoms with E-state index in [1.807, 2.05) is 0 Å². The summed E-state index contributed by atoms with van der Waals surface area (Å²) in [5, 5.41) is 3.92. The number of ketones is 1. The highest BCUT2D eigenvalue weighted by Gasteiger charge is 2.21. The molecule has 1 aliphatic carbocycles. The molecule has 1 N–H and O–H groups in total. The summed E-state index contributed by atoms with van der Waals surface area (Å²) >= 11 is 11.8. The molecular weight excluding hydrogens is 245 g/mol. The number of halogens is 2. The Kier molecular flexibility index (Phi) is 3.85. The molecule has 2 nitrogen and oxygen atoms in total. The number of nitrogens with one attached hydrogen (secondary N) is 1. The average Bonchev–Trinajstić information content (AvgIpc) is 3.06. The SMILES string of the molecule is O=C(CNCC1CC1)c1cccc(Cl)c1Cl. The minimum absolute atomic E-state index is 0.00634. The van der Waals surface area contributed by atoms with E-state index in [0.29, 0.717) is 22.2 Å². The first kappa shape index (κ1) is 11.9. The molecule has 86 valence electrons. The molecule has 0 amide bonds. The van der Waals surface area contributed by atoms with Crippen LogP contribution in [0.4, 0.5) is 0 Å². The lowest BCUT2D eigenvalue weighted by molar-refractivity contribution is 0.0991. The zero-order valence-corrected chi connectivity index (χ0v) is 10.3. The number of carbonyl (C=O) groups is 1. The van der Waals surface area contributed by atoms with Crippen molar-refractivity contribution in [2.24, 2.45) is 5.92 Å². The van der Waals surface area contributed by atoms with Crippen molar-refractivity contribution in [2.45, 2.75) is 12.8 Å². The van der Waals surface area contributed by atoms with E-state index in [-0.39, 0.29) is 5.78 Å². The van der Waals surface area contributed by atoms with E-state index in [1.54, 1.807) is 18.2 Å². The summed E-state index contributed by atoms with van der Waals surface area (Å²) < 4.78 is 0. The molecule has 0 aliphatic heterocycles. The maximum Gasteiger partial charge on any atom is 0.178 e. The van der Waals surface area contributed by atoms with Gasteiger partial charge in [-0.05, 0) is 37.4 Å². The van der Waals surface area contributed by atoms with Gasteiger partial charge in [-0.15, -0.1) is 0 Å². The fraction of sp³-hybridized carbons (Fsp3) is 0.417. The van der Waals surface area contributed by atoms with Gasteiger partial charge in [-0.1, -0.05) is 29.3 Å². The van der Waals surface area contributed by atoms with Gasteiger partial charge >= 0.3 is 0 Å². The van der Waals surface area contributed by atoms with Crippen molar-refractivity contribution in [1.29, 1.82) is 0 Å². The van der Waals surface area contributed by atoms with E-state index in [0.717, 1.165) is 12.5 Å². The third kappa shape index (κ3) is 2.97. The second-order valence-corrected chi connectivity index (χ2v) is 4.88. The highest BCUT2D eigenvalue weighted by atomic mass is 35.5. The zero-order chi connectivity index (χ0) is 11.5. The van der Waals surface area contributed by atoms with Gasteiger partial charge in [-0.3, -0.25) is 4.79 Å². The van der Waals surface area contributed by atoms with Gasteiger partial charge in [0.1, 0.15) is 0 Å². The lowest BCUT2D eigenvalue weighted by Crippen LogP contribution is -2.25. The second-order valence-electron chi connectivity index (χ2n) is 4.10. The fourth-order valence-electron chi connectivity index (χ4n) is 1.53. The molecule has 1 aromatic rings. The van der Waals surface area contributed by atoms with Crippen molar-refractivity contribution < 1.29 is 4.79 Å². The smallest absolute Gasteiger partial charge is 0.178 e. The Hall–Kier alpha value is -0.570. The summed E-state index contributed by atoms with van der Waals surface area (Å²) in [5.41, 5.74) is 0.498. The summed E-state index contributed by atoms with van der Waals surface area (Å²) in [4.78, 5) is 11.8. The lowest BCUT2D eigenvalue weighted by Gasteiger charge is -2.05. The van der Waals surface area contributed by atoms with Crippen LogP contribution in [0.2, 0.25) is 10.0 Å². The first-order valence-corrected chi connectivity index (χ1v) is 6.12. The zero-order valence-electron chi connectivity index (χ0n) is 8.80. The first-order valence-electron chi connectivity index (χ1n) is 5.36. The van der Waals surface area contributed by atoms with Crippen molar-refractivity contribution in [1.82, 2.24) is 5.32 Å². The molecule has 0 atom stereocenters. The van der Waals surface area contributed by atoms with Crippen LogP contribution in [-0.4, -0.2) is 18.9 Å². The number of hydrogen-bond donors (Lipinski definition) is 1. The number of hydrogen-bond acceptors (Lipinski definition) is 2. The molecule has 0 aromatic heterocycles. The van der Waals surface area contributed by atoms with Crippen LogP contribution in [0.1, 0.15) is 23.2 Å². The summed E-state index contributed by atoms with van der Waals surface area (Å²) in [7, 11) is 0. The van der Waals surface area contributed by atoms with Crippen LogP contribution < -0.4 is 5.32 Å². The van der Waals surface area contributed by atoms with E-state index in [9.17, 15) is 4.79 Å². The van der Waals surface area contributed by atoms with Crippen molar-refractivity contribution in [3.63, 3.8) is 0 Å². The van der Waals surface area contributed by atoms with Crippen LogP contribution in [0.15, 0.2) is 18.2 Å². The Balaban J connectivity index is 1.93. The van der Waals surface area contributed by atoms with Crippen LogP contribution >= 0.6 is 23.2 Å². The van der Waals surface area contributed by atoms with Gasteiger partial charge in [-0.25, -0.2) is 0 Å². The molecule has 0 saturated heterocycles. The summed E-state index contributed by atoms with van der Waals surface area (Å²) in [6.07, 6.45) is 2.55. The molecule has 1 aliphatic rings. The Morgan fingerprint density at radius 1 is 1.38 bits per heavy atom. The Labute approximate surface area is 105 Å². The molecule has 1 saturated carbocycles. The van der Waals surface area contributed by atoms with E-state index >= 15 is 0 Å². The van der Waals surface area contributed by atoms with Gasteiger partial charge in [0.15, 0.2) is 5.78 Å². The predicted octanol–water partition coefficient (Wildman–Crippen LogP) is 3.18. The number of benzene rings is 1. The number of carbonyl (C=O) groups excluding carboxylic acids is 1. The third-order valence-corrected chi connectivity index (χ3v) is 3.49. The van der Waals surface area contributed by atoms with Crippen LogP contribution in [0.3, 0.4) is 0 Å². The lowest BCUT2D eigenvalue weighted by atomic mass is 10.1. The molecule has 4 heteroatoms. The van der Waals surface area contributed by atoms with Gasteiger partial charge in [-0.2, -0.15) is 0 Å². The van der Waals surface area contributed by atoms with Gasteiger partial charge in [0.2, 0.25) is 0 Å². The van der Waals surface area contributed by atoms with Crippen LogP contribution in [-0.2, 0) is 0 Å². The van der Waals surface area contributed by atoms with Crippen LogP contribution in [0.25, 0.3) is 0 Å². The highest BCUT2D eigenvalue weighted by Crippen LogP contribution is 2.28. The maximum absolute atomic E-state index is 11.8.